The summed E-state index contributed by atoms with van der Waals surface area (Å²) in [6.45, 7) is 1.83. The monoisotopic (exact) mass is 266 g/mol. The average Bonchev–Trinajstić information content (AvgIpc) is 2.85. The highest BCUT2D eigenvalue weighted by atomic mass is 16.4. The first-order valence-corrected chi connectivity index (χ1v) is 6.31. The van der Waals surface area contributed by atoms with Crippen LogP contribution >= 0.6 is 0 Å². The van der Waals surface area contributed by atoms with Gasteiger partial charge < -0.3 is 14.4 Å². The molecule has 1 N–H and O–H groups in total. The standard InChI is InChI=1S/C13H18N2O4/c1-14-6-7-15(9-10-3-2-8-19-10)13(18)11(14)4-5-12(16)17/h2-3,8,11H,4-7,9H2,1H3,(H,16,17). The first-order valence-electron chi connectivity index (χ1n) is 6.31. The van der Waals surface area contributed by atoms with E-state index in [9.17, 15) is 9.59 Å². The Morgan fingerprint density at radius 3 is 2.95 bits per heavy atom. The number of nitrogens with zero attached hydrogens (tertiary/aromatic N) is 2. The minimum atomic E-state index is -0.871. The normalized spacial score (nSPS) is 20.8. The molecule has 0 aliphatic carbocycles. The predicted octanol–water partition coefficient (Wildman–Crippen LogP) is 0.787. The highest BCUT2D eigenvalue weighted by molar-refractivity contribution is 5.83. The maximum atomic E-state index is 12.3. The molecule has 1 atom stereocenters. The van der Waals surface area contributed by atoms with Crippen molar-refractivity contribution >= 4 is 11.9 Å². The van der Waals surface area contributed by atoms with Crippen LogP contribution in [-0.2, 0) is 16.1 Å². The number of carboxylic acid groups (broad SMARTS) is 1. The van der Waals surface area contributed by atoms with E-state index in [0.717, 1.165) is 12.3 Å². The van der Waals surface area contributed by atoms with Gasteiger partial charge in [-0.25, -0.2) is 0 Å². The summed E-state index contributed by atoms with van der Waals surface area (Å²) in [7, 11) is 1.86. The molecule has 19 heavy (non-hydrogen) atoms. The van der Waals surface area contributed by atoms with Crippen LogP contribution in [0, 0.1) is 0 Å². The van der Waals surface area contributed by atoms with Crippen LogP contribution in [-0.4, -0.2) is 53.0 Å². The number of hydrogen-bond donors (Lipinski definition) is 1. The number of likely N-dealkylation sites (N-methyl/N-ethyl adjacent to an activating group) is 1. The van der Waals surface area contributed by atoms with Gasteiger partial charge in [-0.3, -0.25) is 14.5 Å². The Balaban J connectivity index is 1.99. The van der Waals surface area contributed by atoms with Crippen molar-refractivity contribution in [3.05, 3.63) is 24.2 Å². The van der Waals surface area contributed by atoms with Gasteiger partial charge in [0, 0.05) is 19.5 Å². The van der Waals surface area contributed by atoms with Crippen molar-refractivity contribution < 1.29 is 19.1 Å². The molecular formula is C13H18N2O4. The zero-order chi connectivity index (χ0) is 13.8. The van der Waals surface area contributed by atoms with Crippen molar-refractivity contribution in [1.82, 2.24) is 9.80 Å². The Kier molecular flexibility index (Phi) is 4.21. The Morgan fingerprint density at radius 2 is 2.32 bits per heavy atom. The van der Waals surface area contributed by atoms with Gasteiger partial charge in [-0.1, -0.05) is 0 Å². The summed E-state index contributed by atoms with van der Waals surface area (Å²) < 4.78 is 5.24. The number of carbonyl (C=O) groups excluding carboxylic acids is 1. The number of amides is 1. The molecule has 1 aliphatic heterocycles. The van der Waals surface area contributed by atoms with Crippen LogP contribution in [0.4, 0.5) is 0 Å². The van der Waals surface area contributed by atoms with Crippen LogP contribution in [0.5, 0.6) is 0 Å². The van der Waals surface area contributed by atoms with Crippen LogP contribution in [0.25, 0.3) is 0 Å². The van der Waals surface area contributed by atoms with Gasteiger partial charge in [0.1, 0.15) is 5.76 Å². The number of piperazine rings is 1. The van der Waals surface area contributed by atoms with Crippen molar-refractivity contribution in [3.8, 4) is 0 Å². The summed E-state index contributed by atoms with van der Waals surface area (Å²) in [4.78, 5) is 26.6. The Labute approximate surface area is 111 Å². The minimum absolute atomic E-state index is 0.00926. The van der Waals surface area contributed by atoms with Gasteiger partial charge in [0.2, 0.25) is 5.91 Å². The average molecular weight is 266 g/mol. The summed E-state index contributed by atoms with van der Waals surface area (Å²) in [5, 5.41) is 8.73. The SMILES string of the molecule is CN1CCN(Cc2ccco2)C(=O)C1CCC(=O)O. The van der Waals surface area contributed by atoms with E-state index in [0.29, 0.717) is 19.5 Å². The summed E-state index contributed by atoms with van der Waals surface area (Å²) in [6, 6.07) is 3.27. The van der Waals surface area contributed by atoms with Crippen LogP contribution < -0.4 is 0 Å². The number of hydrogen-bond acceptors (Lipinski definition) is 4. The molecule has 104 valence electrons. The summed E-state index contributed by atoms with van der Waals surface area (Å²) >= 11 is 0. The fraction of sp³-hybridized carbons (Fsp3) is 0.538. The molecule has 1 aromatic rings. The summed E-state index contributed by atoms with van der Waals surface area (Å²) in [5.74, 6) is -0.148. The van der Waals surface area contributed by atoms with Gasteiger partial charge >= 0.3 is 5.97 Å². The van der Waals surface area contributed by atoms with Crippen LogP contribution in [0.3, 0.4) is 0 Å². The van der Waals surface area contributed by atoms with E-state index < -0.39 is 5.97 Å². The number of rotatable bonds is 5. The second-order valence-corrected chi connectivity index (χ2v) is 4.77. The van der Waals surface area contributed by atoms with Crippen molar-refractivity contribution in [3.63, 3.8) is 0 Å². The molecule has 0 spiro atoms. The minimum Gasteiger partial charge on any atom is -0.481 e. The van der Waals surface area contributed by atoms with Gasteiger partial charge in [0.05, 0.1) is 18.8 Å². The molecule has 1 aromatic heterocycles. The molecule has 1 aliphatic rings. The highest BCUT2D eigenvalue weighted by Crippen LogP contribution is 2.17. The molecule has 6 heteroatoms. The molecule has 1 unspecified atom stereocenters. The van der Waals surface area contributed by atoms with E-state index in [1.54, 1.807) is 17.2 Å². The van der Waals surface area contributed by atoms with E-state index in [-0.39, 0.29) is 18.4 Å². The van der Waals surface area contributed by atoms with Gasteiger partial charge in [-0.05, 0) is 25.6 Å². The molecule has 0 aromatic carbocycles. The van der Waals surface area contributed by atoms with E-state index in [4.69, 9.17) is 9.52 Å². The fourth-order valence-electron chi connectivity index (χ4n) is 2.30. The Bertz CT molecular complexity index is 444. The lowest BCUT2D eigenvalue weighted by atomic mass is 10.1. The van der Waals surface area contributed by atoms with Gasteiger partial charge in [0.25, 0.3) is 0 Å². The number of carbonyl (C=O) groups is 2. The van der Waals surface area contributed by atoms with Crippen LogP contribution in [0.1, 0.15) is 18.6 Å². The van der Waals surface area contributed by atoms with Crippen molar-refractivity contribution in [2.45, 2.75) is 25.4 Å². The Hall–Kier alpha value is -1.82. The Morgan fingerprint density at radius 1 is 1.53 bits per heavy atom. The molecular weight excluding hydrogens is 248 g/mol. The van der Waals surface area contributed by atoms with Gasteiger partial charge in [0.15, 0.2) is 0 Å². The van der Waals surface area contributed by atoms with Crippen LogP contribution in [0.15, 0.2) is 22.8 Å². The van der Waals surface area contributed by atoms with E-state index in [1.165, 1.54) is 0 Å². The van der Waals surface area contributed by atoms with Crippen LogP contribution in [0.2, 0.25) is 0 Å². The highest BCUT2D eigenvalue weighted by Gasteiger charge is 2.32. The second-order valence-electron chi connectivity index (χ2n) is 4.77. The van der Waals surface area contributed by atoms with Gasteiger partial charge in [-0.2, -0.15) is 0 Å². The third-order valence-electron chi connectivity index (χ3n) is 3.41. The molecule has 1 amide bonds. The third-order valence-corrected chi connectivity index (χ3v) is 3.41. The predicted molar refractivity (Wildman–Crippen MR) is 67.4 cm³/mol. The summed E-state index contributed by atoms with van der Waals surface area (Å²) in [5.41, 5.74) is 0. The van der Waals surface area contributed by atoms with E-state index in [2.05, 4.69) is 0 Å². The third kappa shape index (κ3) is 3.35. The quantitative estimate of drug-likeness (QED) is 0.852. The molecule has 0 bridgehead atoms. The van der Waals surface area contributed by atoms with Gasteiger partial charge in [-0.15, -0.1) is 0 Å². The van der Waals surface area contributed by atoms with Crippen molar-refractivity contribution in [2.24, 2.45) is 0 Å². The summed E-state index contributed by atoms with van der Waals surface area (Å²) in [6.07, 6.45) is 1.94. The molecule has 2 heterocycles. The number of aliphatic carboxylic acids is 1. The number of carboxylic acids is 1. The largest absolute Gasteiger partial charge is 0.481 e. The first kappa shape index (κ1) is 13.6. The smallest absolute Gasteiger partial charge is 0.303 e. The lowest BCUT2D eigenvalue weighted by Gasteiger charge is -2.38. The first-order chi connectivity index (χ1) is 9.08. The zero-order valence-corrected chi connectivity index (χ0v) is 10.9. The number of furan rings is 1. The fourth-order valence-corrected chi connectivity index (χ4v) is 2.30. The second kappa shape index (κ2) is 5.88. The maximum Gasteiger partial charge on any atom is 0.303 e. The van der Waals surface area contributed by atoms with E-state index in [1.807, 2.05) is 18.0 Å². The lowest BCUT2D eigenvalue weighted by molar-refractivity contribution is -0.143. The molecule has 6 nitrogen and oxygen atoms in total. The molecule has 1 saturated heterocycles. The molecule has 1 fully saturated rings. The zero-order valence-electron chi connectivity index (χ0n) is 10.9. The molecule has 2 rings (SSSR count). The lowest BCUT2D eigenvalue weighted by Crippen LogP contribution is -2.55. The van der Waals surface area contributed by atoms with Crippen molar-refractivity contribution in [1.29, 1.82) is 0 Å². The molecule has 0 radical (unpaired) electrons. The van der Waals surface area contributed by atoms with Crippen molar-refractivity contribution in [2.75, 3.05) is 20.1 Å². The maximum absolute atomic E-state index is 12.3. The molecule has 0 saturated carbocycles. The van der Waals surface area contributed by atoms with E-state index >= 15 is 0 Å². The topological polar surface area (TPSA) is 74.0 Å².